The molecule has 17 heteroatoms. The van der Waals surface area contributed by atoms with Crippen molar-refractivity contribution in [3.8, 4) is 0 Å². The molecule has 4 rings (SSSR count). The van der Waals surface area contributed by atoms with Crippen LogP contribution in [0.4, 0.5) is 26.3 Å². The predicted molar refractivity (Wildman–Crippen MR) is 210 cm³/mol. The van der Waals surface area contributed by atoms with Gasteiger partial charge in [0, 0.05) is 38.2 Å². The molecule has 2 aromatic rings. The topological polar surface area (TPSA) is 152 Å². The molecule has 0 aromatic heterocycles. The Hall–Kier alpha value is -4.61. The van der Waals surface area contributed by atoms with E-state index in [0.29, 0.717) is 20.0 Å². The molecule has 0 radical (unpaired) electrons. The van der Waals surface area contributed by atoms with Crippen LogP contribution in [0.25, 0.3) is 0 Å². The third-order valence-corrected chi connectivity index (χ3v) is 12.5. The lowest BCUT2D eigenvalue weighted by molar-refractivity contribution is -0.280. The first kappa shape index (κ1) is 50.0. The van der Waals surface area contributed by atoms with E-state index in [1.54, 1.807) is 20.8 Å². The molecular weight excluding hydrogens is 830 g/mol. The van der Waals surface area contributed by atoms with Crippen LogP contribution in [-0.2, 0) is 58.9 Å². The smallest absolute Gasteiger partial charge is 0.432 e. The zero-order valence-electron chi connectivity index (χ0n) is 35.9. The summed E-state index contributed by atoms with van der Waals surface area (Å²) in [5, 5.41) is 11.4. The quantitative estimate of drug-likeness (QED) is 0.0991. The minimum absolute atomic E-state index is 0.0318. The van der Waals surface area contributed by atoms with Crippen LogP contribution < -0.4 is 0 Å². The second-order valence-corrected chi connectivity index (χ2v) is 16.4. The number of ketones is 2. The minimum Gasteiger partial charge on any atom is -0.459 e. The number of alkyl halides is 6. The van der Waals surface area contributed by atoms with Gasteiger partial charge in [-0.05, 0) is 57.4 Å². The third kappa shape index (κ3) is 9.49. The number of esters is 3. The number of ether oxygens (including phenoxy) is 5. The van der Waals surface area contributed by atoms with Gasteiger partial charge in [0.1, 0.15) is 24.1 Å². The number of carbonyl (C=O) groups excluding carboxylic acids is 5. The lowest BCUT2D eigenvalue weighted by Gasteiger charge is -2.40. The number of aliphatic hydroxyl groups is 1. The van der Waals surface area contributed by atoms with E-state index in [4.69, 9.17) is 23.7 Å². The minimum atomic E-state index is -5.31. The Kier molecular flexibility index (Phi) is 15.7. The average Bonchev–Trinajstić information content (AvgIpc) is 3.21. The van der Waals surface area contributed by atoms with Crippen molar-refractivity contribution in [1.29, 1.82) is 0 Å². The molecule has 1 fully saturated rings. The Morgan fingerprint density at radius 1 is 0.823 bits per heavy atom. The van der Waals surface area contributed by atoms with E-state index in [9.17, 15) is 55.4 Å². The second-order valence-electron chi connectivity index (χ2n) is 16.4. The zero-order chi connectivity index (χ0) is 46.6. The Bertz CT molecular complexity index is 1960. The molecule has 62 heavy (non-hydrogen) atoms. The fourth-order valence-electron chi connectivity index (χ4n) is 8.50. The van der Waals surface area contributed by atoms with Crippen LogP contribution in [-0.4, -0.2) is 85.1 Å². The van der Waals surface area contributed by atoms with Crippen molar-refractivity contribution < 1.29 is 79.1 Å². The number of halogens is 6. The summed E-state index contributed by atoms with van der Waals surface area (Å²) < 4.78 is 115. The van der Waals surface area contributed by atoms with Crippen LogP contribution in [0.1, 0.15) is 91.2 Å². The molecule has 0 bridgehead atoms. The van der Waals surface area contributed by atoms with Crippen molar-refractivity contribution >= 4 is 29.5 Å². The molecule has 0 heterocycles. The van der Waals surface area contributed by atoms with E-state index in [0.717, 1.165) is 38.3 Å². The highest BCUT2D eigenvalue weighted by Gasteiger charge is 2.66. The van der Waals surface area contributed by atoms with Gasteiger partial charge in [-0.1, -0.05) is 93.4 Å². The van der Waals surface area contributed by atoms with Gasteiger partial charge in [0.25, 0.3) is 11.2 Å². The summed E-state index contributed by atoms with van der Waals surface area (Å²) in [5.41, 5.74) is -10.4. The molecule has 2 aliphatic carbocycles. The number of Topliss-reactive ketones (excluding diaryl/α,β-unsaturated/α-hetero) is 2. The van der Waals surface area contributed by atoms with Crippen LogP contribution in [0.3, 0.4) is 0 Å². The Morgan fingerprint density at radius 3 is 1.79 bits per heavy atom. The maximum Gasteiger partial charge on any atom is 0.432 e. The Balaban J connectivity index is 1.59. The van der Waals surface area contributed by atoms with Gasteiger partial charge in [0.15, 0.2) is 11.4 Å². The monoisotopic (exact) mass is 884 g/mol. The number of benzene rings is 2. The van der Waals surface area contributed by atoms with Crippen LogP contribution in [0.15, 0.2) is 71.8 Å². The molecule has 0 aliphatic heterocycles. The first-order valence-electron chi connectivity index (χ1n) is 20.3. The van der Waals surface area contributed by atoms with Gasteiger partial charge in [0.2, 0.25) is 0 Å². The molecule has 1 N–H and O–H groups in total. The molecule has 0 unspecified atom stereocenters. The van der Waals surface area contributed by atoms with Crippen molar-refractivity contribution in [2.45, 2.75) is 128 Å². The van der Waals surface area contributed by atoms with Gasteiger partial charge in [0.05, 0.1) is 11.8 Å². The van der Waals surface area contributed by atoms with Crippen molar-refractivity contribution in [2.75, 3.05) is 14.2 Å². The second kappa shape index (κ2) is 19.4. The first-order chi connectivity index (χ1) is 28.9. The third-order valence-electron chi connectivity index (χ3n) is 12.5. The molecule has 2 aliphatic rings. The van der Waals surface area contributed by atoms with Crippen molar-refractivity contribution in [1.82, 2.24) is 0 Å². The van der Waals surface area contributed by atoms with Gasteiger partial charge < -0.3 is 28.8 Å². The molecule has 0 spiro atoms. The number of hydrogen-bond acceptors (Lipinski definition) is 11. The van der Waals surface area contributed by atoms with Crippen LogP contribution in [0.2, 0.25) is 0 Å². The summed E-state index contributed by atoms with van der Waals surface area (Å²) >= 11 is 0. The maximum atomic E-state index is 14.7. The Labute approximate surface area is 356 Å². The lowest BCUT2D eigenvalue weighted by Crippen LogP contribution is -2.55. The lowest BCUT2D eigenvalue weighted by atomic mass is 9.72. The van der Waals surface area contributed by atoms with Crippen LogP contribution in [0, 0.1) is 23.7 Å². The summed E-state index contributed by atoms with van der Waals surface area (Å²) in [4.78, 5) is 68.9. The van der Waals surface area contributed by atoms with E-state index in [2.05, 4.69) is 0 Å². The SMILES string of the molecule is CC[C@H](C)[C@@H](OC(=O)[C@](OC)(c1ccccc1)C(F)(F)F)[C@@H](C)C(=O)O[C@H]1CC(CC(=O)[C@H]2[C@H](C)CCC[C@@H]2OC(=O)[C@](OC)(c2ccccc2)C(F)(F)F)=C(C)C(=O)[C@@]1(C)O. The number of methoxy groups -OCH3 is 2. The van der Waals surface area contributed by atoms with Crippen LogP contribution >= 0.6 is 0 Å². The van der Waals surface area contributed by atoms with Crippen molar-refractivity contribution in [3.05, 3.63) is 82.9 Å². The standard InChI is InChI=1S/C45H54F6O11/c1-9-25(2)36(62-40(56)43(59-8,45(49,50)51)31-20-14-11-15-21-31)28(5)38(54)61-34-24-29(27(4)37(53)41(34,6)57)23-32(52)35-26(3)17-16-22-33(35)60-39(55)42(58-7,44(46,47)48)30-18-12-10-13-19-30/h10-15,18-21,25-26,28,33-36,57H,9,16-17,22-24H2,1-8H3/t25-,26+,28+,33-,34-,35+,36+,41-,42+,43+/m0/s1. The van der Waals surface area contributed by atoms with Gasteiger partial charge in [-0.3, -0.25) is 14.4 Å². The zero-order valence-corrected chi connectivity index (χ0v) is 35.9. The summed E-state index contributed by atoms with van der Waals surface area (Å²) in [7, 11) is 1.43. The molecule has 2 aromatic carbocycles. The predicted octanol–water partition coefficient (Wildman–Crippen LogP) is 8.05. The summed E-state index contributed by atoms with van der Waals surface area (Å²) in [6.45, 7) is 8.58. The number of hydrogen-bond donors (Lipinski definition) is 1. The van der Waals surface area contributed by atoms with E-state index < -0.39 is 118 Å². The molecule has 1 saturated carbocycles. The normalized spacial score (nSPS) is 25.7. The Morgan fingerprint density at radius 2 is 1.32 bits per heavy atom. The van der Waals surface area contributed by atoms with Crippen molar-refractivity contribution in [3.63, 3.8) is 0 Å². The van der Waals surface area contributed by atoms with E-state index in [1.807, 2.05) is 0 Å². The van der Waals surface area contributed by atoms with Gasteiger partial charge in [-0.25, -0.2) is 9.59 Å². The highest BCUT2D eigenvalue weighted by atomic mass is 19.4. The summed E-state index contributed by atoms with van der Waals surface area (Å²) in [5.74, 6) is -10.0. The summed E-state index contributed by atoms with van der Waals surface area (Å²) in [6.07, 6.45) is -14.8. The maximum absolute atomic E-state index is 14.7. The van der Waals surface area contributed by atoms with E-state index in [1.165, 1.54) is 50.2 Å². The fraction of sp³-hybridized carbons (Fsp3) is 0.578. The first-order valence-corrected chi connectivity index (χ1v) is 20.3. The number of carbonyl (C=O) groups is 5. The van der Waals surface area contributed by atoms with Gasteiger partial charge in [-0.15, -0.1) is 0 Å². The van der Waals surface area contributed by atoms with Crippen LogP contribution in [0.5, 0.6) is 0 Å². The molecule has 0 amide bonds. The number of rotatable bonds is 16. The van der Waals surface area contributed by atoms with E-state index in [-0.39, 0.29) is 30.4 Å². The van der Waals surface area contributed by atoms with Gasteiger partial charge in [-0.2, -0.15) is 26.3 Å². The van der Waals surface area contributed by atoms with E-state index >= 15 is 0 Å². The molecule has 10 atom stereocenters. The molecule has 342 valence electrons. The summed E-state index contributed by atoms with van der Waals surface area (Å²) in [6, 6.07) is 12.3. The van der Waals surface area contributed by atoms with Crippen molar-refractivity contribution in [2.24, 2.45) is 23.7 Å². The highest BCUT2D eigenvalue weighted by molar-refractivity contribution is 6.04. The molecule has 0 saturated heterocycles. The average molecular weight is 885 g/mol. The molecular formula is C45H54F6O11. The fourth-order valence-corrected chi connectivity index (χ4v) is 8.50. The highest BCUT2D eigenvalue weighted by Crippen LogP contribution is 2.46. The molecule has 11 nitrogen and oxygen atoms in total. The van der Waals surface area contributed by atoms with Gasteiger partial charge >= 0.3 is 30.3 Å². The largest absolute Gasteiger partial charge is 0.459 e.